The number of nitrogens with zero attached hydrogens (tertiary/aromatic N) is 1. The van der Waals surface area contributed by atoms with E-state index < -0.39 is 0 Å². The van der Waals surface area contributed by atoms with Gasteiger partial charge in [0, 0.05) is 12.3 Å². The second kappa shape index (κ2) is 4.05. The zero-order chi connectivity index (χ0) is 11.7. The molecule has 0 radical (unpaired) electrons. The quantitative estimate of drug-likeness (QED) is 0.804. The van der Waals surface area contributed by atoms with E-state index in [9.17, 15) is 4.79 Å². The lowest BCUT2D eigenvalue weighted by molar-refractivity contribution is 0.257. The molecule has 1 aromatic heterocycles. The van der Waals surface area contributed by atoms with Gasteiger partial charge in [-0.05, 0) is 18.1 Å². The first-order chi connectivity index (χ1) is 8.33. The van der Waals surface area contributed by atoms with Crippen LogP contribution in [0.1, 0.15) is 17.3 Å². The summed E-state index contributed by atoms with van der Waals surface area (Å²) in [4.78, 5) is 18.2. The van der Waals surface area contributed by atoms with Gasteiger partial charge in [0.05, 0.1) is 12.5 Å². The zero-order valence-corrected chi connectivity index (χ0v) is 9.22. The molecule has 1 aromatic carbocycles. The van der Waals surface area contributed by atoms with Crippen molar-refractivity contribution in [1.82, 2.24) is 9.97 Å². The number of ether oxygens (including phenoxy) is 1. The molecule has 0 spiro atoms. The van der Waals surface area contributed by atoms with E-state index in [1.807, 2.05) is 24.3 Å². The molecule has 1 N–H and O–H groups in total. The highest BCUT2D eigenvalue weighted by atomic mass is 16.5. The number of aromatic nitrogens is 2. The number of hydrogen-bond donors (Lipinski definition) is 1. The number of nitrogens with one attached hydrogen (secondary N) is 1. The van der Waals surface area contributed by atoms with Crippen molar-refractivity contribution < 1.29 is 4.74 Å². The molecule has 1 aliphatic rings. The summed E-state index contributed by atoms with van der Waals surface area (Å²) in [5, 5.41) is 0. The molecule has 0 bridgehead atoms. The normalized spacial score (nSPS) is 18.2. The van der Waals surface area contributed by atoms with E-state index in [0.29, 0.717) is 12.4 Å². The Bertz CT molecular complexity index is 592. The molecule has 0 saturated heterocycles. The third kappa shape index (κ3) is 1.93. The van der Waals surface area contributed by atoms with Crippen LogP contribution in [0.2, 0.25) is 0 Å². The van der Waals surface area contributed by atoms with Gasteiger partial charge in [0.2, 0.25) is 0 Å². The van der Waals surface area contributed by atoms with E-state index in [2.05, 4.69) is 9.97 Å². The predicted octanol–water partition coefficient (Wildman–Crippen LogP) is 1.49. The van der Waals surface area contributed by atoms with E-state index in [0.717, 1.165) is 17.7 Å². The van der Waals surface area contributed by atoms with Crippen molar-refractivity contribution >= 4 is 0 Å². The molecule has 3 rings (SSSR count). The Morgan fingerprint density at radius 3 is 3.06 bits per heavy atom. The molecule has 1 unspecified atom stereocenters. The average molecular weight is 228 g/mol. The van der Waals surface area contributed by atoms with Crippen LogP contribution >= 0.6 is 0 Å². The van der Waals surface area contributed by atoms with Gasteiger partial charge in [0.25, 0.3) is 5.56 Å². The Balaban J connectivity index is 1.92. The number of fused-ring (bicyclic) bond motifs is 1. The van der Waals surface area contributed by atoms with E-state index in [1.54, 1.807) is 0 Å². The standard InChI is InChI=1S/C13H12N2O2/c16-12-5-6-14-13(15-12)10-7-9-3-1-2-4-11(9)17-8-10/h1-6,10H,7-8H2,(H,14,15,16). The molecular formula is C13H12N2O2. The van der Waals surface area contributed by atoms with Gasteiger partial charge in [-0.2, -0.15) is 0 Å². The molecule has 4 nitrogen and oxygen atoms in total. The fourth-order valence-electron chi connectivity index (χ4n) is 2.10. The summed E-state index contributed by atoms with van der Waals surface area (Å²) < 4.78 is 5.67. The molecule has 4 heteroatoms. The molecule has 2 heterocycles. The first kappa shape index (κ1) is 10.1. The van der Waals surface area contributed by atoms with Crippen molar-refractivity contribution in [2.24, 2.45) is 0 Å². The minimum Gasteiger partial charge on any atom is -0.493 e. The Morgan fingerprint density at radius 1 is 1.29 bits per heavy atom. The van der Waals surface area contributed by atoms with E-state index in [4.69, 9.17) is 4.74 Å². The van der Waals surface area contributed by atoms with Crippen LogP contribution in [0.4, 0.5) is 0 Å². The van der Waals surface area contributed by atoms with Crippen LogP contribution in [0.3, 0.4) is 0 Å². The van der Waals surface area contributed by atoms with Gasteiger partial charge in [0.1, 0.15) is 11.6 Å². The Hall–Kier alpha value is -2.10. The highest BCUT2D eigenvalue weighted by Gasteiger charge is 2.22. The molecule has 0 fully saturated rings. The van der Waals surface area contributed by atoms with Gasteiger partial charge < -0.3 is 9.72 Å². The van der Waals surface area contributed by atoms with E-state index in [1.165, 1.54) is 12.3 Å². The molecule has 1 aliphatic heterocycles. The number of benzene rings is 1. The first-order valence-corrected chi connectivity index (χ1v) is 5.59. The highest BCUT2D eigenvalue weighted by molar-refractivity contribution is 5.36. The van der Waals surface area contributed by atoms with Crippen molar-refractivity contribution in [2.75, 3.05) is 6.61 Å². The van der Waals surface area contributed by atoms with Crippen molar-refractivity contribution in [3.05, 3.63) is 58.3 Å². The van der Waals surface area contributed by atoms with Crippen LogP contribution in [0.15, 0.2) is 41.3 Å². The summed E-state index contributed by atoms with van der Waals surface area (Å²) in [5.41, 5.74) is 1.05. The maximum atomic E-state index is 11.2. The van der Waals surface area contributed by atoms with Crippen LogP contribution in [0, 0.1) is 0 Å². The fraction of sp³-hybridized carbons (Fsp3) is 0.231. The number of aromatic amines is 1. The summed E-state index contributed by atoms with van der Waals surface area (Å²) in [5.74, 6) is 1.76. The molecule has 0 saturated carbocycles. The minimum absolute atomic E-state index is 0.117. The van der Waals surface area contributed by atoms with Gasteiger partial charge in [-0.3, -0.25) is 4.79 Å². The van der Waals surface area contributed by atoms with Crippen molar-refractivity contribution in [3.63, 3.8) is 0 Å². The highest BCUT2D eigenvalue weighted by Crippen LogP contribution is 2.30. The van der Waals surface area contributed by atoms with Crippen LogP contribution in [0.5, 0.6) is 5.75 Å². The SMILES string of the molecule is O=c1ccnc(C2COc3ccccc3C2)[nH]1. The molecule has 1 atom stereocenters. The summed E-state index contributed by atoms with van der Waals surface area (Å²) in [6.07, 6.45) is 2.39. The Morgan fingerprint density at radius 2 is 2.18 bits per heavy atom. The van der Waals surface area contributed by atoms with Gasteiger partial charge in [-0.1, -0.05) is 18.2 Å². The zero-order valence-electron chi connectivity index (χ0n) is 9.22. The fourth-order valence-corrected chi connectivity index (χ4v) is 2.10. The molecule has 17 heavy (non-hydrogen) atoms. The largest absolute Gasteiger partial charge is 0.493 e. The summed E-state index contributed by atoms with van der Waals surface area (Å²) >= 11 is 0. The van der Waals surface area contributed by atoms with Crippen molar-refractivity contribution in [3.8, 4) is 5.75 Å². The summed E-state index contributed by atoms with van der Waals surface area (Å²) in [7, 11) is 0. The lowest BCUT2D eigenvalue weighted by Crippen LogP contribution is -2.23. The number of H-pyrrole nitrogens is 1. The van der Waals surface area contributed by atoms with Crippen LogP contribution in [-0.2, 0) is 6.42 Å². The van der Waals surface area contributed by atoms with E-state index >= 15 is 0 Å². The lowest BCUT2D eigenvalue weighted by atomic mass is 9.96. The number of para-hydroxylation sites is 1. The smallest absolute Gasteiger partial charge is 0.250 e. The van der Waals surface area contributed by atoms with Gasteiger partial charge in [-0.25, -0.2) is 4.98 Å². The van der Waals surface area contributed by atoms with Crippen molar-refractivity contribution in [2.45, 2.75) is 12.3 Å². The lowest BCUT2D eigenvalue weighted by Gasteiger charge is -2.24. The van der Waals surface area contributed by atoms with Gasteiger partial charge in [0.15, 0.2) is 0 Å². The predicted molar refractivity (Wildman–Crippen MR) is 63.2 cm³/mol. The molecule has 86 valence electrons. The number of rotatable bonds is 1. The monoisotopic (exact) mass is 228 g/mol. The second-order valence-electron chi connectivity index (χ2n) is 4.14. The Labute approximate surface area is 98.3 Å². The third-order valence-electron chi connectivity index (χ3n) is 2.96. The maximum Gasteiger partial charge on any atom is 0.250 e. The van der Waals surface area contributed by atoms with Crippen LogP contribution in [0.25, 0.3) is 0 Å². The van der Waals surface area contributed by atoms with Crippen LogP contribution < -0.4 is 10.3 Å². The summed E-state index contributed by atoms with van der Waals surface area (Å²) in [6, 6.07) is 9.38. The average Bonchev–Trinajstić information content (AvgIpc) is 2.38. The van der Waals surface area contributed by atoms with Crippen molar-refractivity contribution in [1.29, 1.82) is 0 Å². The van der Waals surface area contributed by atoms with E-state index in [-0.39, 0.29) is 11.5 Å². The minimum atomic E-state index is -0.117. The first-order valence-electron chi connectivity index (χ1n) is 5.59. The molecule has 0 aliphatic carbocycles. The summed E-state index contributed by atoms with van der Waals surface area (Å²) in [6.45, 7) is 0.559. The number of hydrogen-bond acceptors (Lipinski definition) is 3. The topological polar surface area (TPSA) is 55.0 Å². The molecule has 2 aromatic rings. The molecular weight excluding hydrogens is 216 g/mol. The van der Waals surface area contributed by atoms with Crippen LogP contribution in [-0.4, -0.2) is 16.6 Å². The second-order valence-corrected chi connectivity index (χ2v) is 4.14. The van der Waals surface area contributed by atoms with Gasteiger partial charge >= 0.3 is 0 Å². The Kier molecular flexibility index (Phi) is 2.40. The third-order valence-corrected chi connectivity index (χ3v) is 2.96. The van der Waals surface area contributed by atoms with Gasteiger partial charge in [-0.15, -0.1) is 0 Å². The maximum absolute atomic E-state index is 11.2. The molecule has 0 amide bonds.